The Morgan fingerprint density at radius 3 is 1.02 bits per heavy atom. The first-order chi connectivity index (χ1) is 51.1. The number of carbonyl (C=O) groups is 1. The second kappa shape index (κ2) is 71.8. The van der Waals surface area contributed by atoms with Gasteiger partial charge in [-0.1, -0.05) is 359 Å². The van der Waals surface area contributed by atoms with Gasteiger partial charge in [-0.25, -0.2) is 0 Å². The third-order valence-corrected chi connectivity index (χ3v) is 19.5. The van der Waals surface area contributed by atoms with Crippen molar-refractivity contribution < 1.29 is 64.6 Å². The van der Waals surface area contributed by atoms with Gasteiger partial charge >= 0.3 is 0 Å². The molecule has 0 saturated carbocycles. The molecule has 12 atom stereocenters. The molecule has 0 bridgehead atoms. The van der Waals surface area contributed by atoms with E-state index in [-0.39, 0.29) is 18.9 Å². The molecule has 2 rings (SSSR count). The van der Waals surface area contributed by atoms with Crippen molar-refractivity contribution in [3.05, 3.63) is 146 Å². The van der Waals surface area contributed by atoms with E-state index in [0.717, 1.165) is 122 Å². The Balaban J connectivity index is 1.64. The number of carbonyl (C=O) groups excluding carboxylic acids is 1. The molecule has 2 aliphatic rings. The number of aliphatic hydroxyl groups excluding tert-OH is 8. The normalized spacial score (nSPS) is 22.2. The molecule has 2 saturated heterocycles. The first-order valence-corrected chi connectivity index (χ1v) is 42.1. The Labute approximate surface area is 633 Å². The van der Waals surface area contributed by atoms with E-state index >= 15 is 0 Å². The van der Waals surface area contributed by atoms with Crippen LogP contribution in [0, 0.1) is 0 Å². The highest BCUT2D eigenvalue weighted by molar-refractivity contribution is 5.76. The molecule has 596 valence electrons. The zero-order chi connectivity index (χ0) is 75.1. The topological polar surface area (TPSA) is 228 Å². The number of unbranched alkanes of at least 4 members (excludes halogenated alkanes) is 34. The molecule has 0 spiro atoms. The fourth-order valence-corrected chi connectivity index (χ4v) is 12.9. The number of allylic oxidation sites excluding steroid dienone is 23. The first kappa shape index (κ1) is 95.9. The molecule has 104 heavy (non-hydrogen) atoms. The van der Waals surface area contributed by atoms with Gasteiger partial charge in [0.15, 0.2) is 12.6 Å². The highest BCUT2D eigenvalue weighted by atomic mass is 16.7. The molecule has 0 aromatic carbocycles. The van der Waals surface area contributed by atoms with E-state index in [2.05, 4.69) is 153 Å². The number of hydrogen-bond acceptors (Lipinski definition) is 13. The number of nitrogens with one attached hydrogen (secondary N) is 1. The zero-order valence-electron chi connectivity index (χ0n) is 65.5. The molecule has 14 nitrogen and oxygen atoms in total. The third kappa shape index (κ3) is 53.6. The highest BCUT2D eigenvalue weighted by Crippen LogP contribution is 2.30. The first-order valence-electron chi connectivity index (χ1n) is 42.1. The summed E-state index contributed by atoms with van der Waals surface area (Å²) in [4.78, 5) is 13.4. The summed E-state index contributed by atoms with van der Waals surface area (Å²) >= 11 is 0. The summed E-state index contributed by atoms with van der Waals surface area (Å²) < 4.78 is 22.9. The second-order valence-electron chi connectivity index (χ2n) is 28.9. The van der Waals surface area contributed by atoms with Crippen LogP contribution in [0.25, 0.3) is 0 Å². The van der Waals surface area contributed by atoms with Crippen molar-refractivity contribution in [2.24, 2.45) is 0 Å². The van der Waals surface area contributed by atoms with Crippen LogP contribution >= 0.6 is 0 Å². The molecule has 9 N–H and O–H groups in total. The molecule has 0 aromatic heterocycles. The number of ether oxygens (including phenoxy) is 4. The maximum atomic E-state index is 13.4. The van der Waals surface area contributed by atoms with Gasteiger partial charge in [0, 0.05) is 6.42 Å². The summed E-state index contributed by atoms with van der Waals surface area (Å²) in [5.74, 6) is -0.260. The molecular formula is C90H153NO13. The predicted octanol–water partition coefficient (Wildman–Crippen LogP) is 19.9. The van der Waals surface area contributed by atoms with Crippen molar-refractivity contribution in [1.82, 2.24) is 5.32 Å². The lowest BCUT2D eigenvalue weighted by Gasteiger charge is -2.46. The van der Waals surface area contributed by atoms with Crippen LogP contribution in [0.15, 0.2) is 146 Å². The smallest absolute Gasteiger partial charge is 0.220 e. The van der Waals surface area contributed by atoms with Crippen molar-refractivity contribution in [2.75, 3.05) is 19.8 Å². The van der Waals surface area contributed by atoms with E-state index in [0.29, 0.717) is 6.42 Å². The van der Waals surface area contributed by atoms with Crippen LogP contribution in [0.5, 0.6) is 0 Å². The molecular weight excluding hydrogens is 1300 g/mol. The maximum absolute atomic E-state index is 13.4. The number of rotatable bonds is 69. The van der Waals surface area contributed by atoms with E-state index in [1.807, 2.05) is 6.08 Å². The minimum absolute atomic E-state index is 0.250. The van der Waals surface area contributed by atoms with Gasteiger partial charge < -0.3 is 65.1 Å². The van der Waals surface area contributed by atoms with Crippen LogP contribution in [0.3, 0.4) is 0 Å². The molecule has 2 aliphatic heterocycles. The van der Waals surface area contributed by atoms with Crippen molar-refractivity contribution in [1.29, 1.82) is 0 Å². The molecule has 0 aromatic rings. The number of amides is 1. The number of aliphatic hydroxyl groups is 8. The lowest BCUT2D eigenvalue weighted by atomic mass is 9.97. The monoisotopic (exact) mass is 1460 g/mol. The van der Waals surface area contributed by atoms with Gasteiger partial charge in [0.05, 0.1) is 32.0 Å². The summed E-state index contributed by atoms with van der Waals surface area (Å²) in [5, 5.41) is 87.8. The Hall–Kier alpha value is -4.13. The molecule has 2 fully saturated rings. The largest absolute Gasteiger partial charge is 0.394 e. The van der Waals surface area contributed by atoms with Crippen LogP contribution in [-0.4, -0.2) is 140 Å². The second-order valence-corrected chi connectivity index (χ2v) is 28.9. The fraction of sp³-hybridized carbons (Fsp3) is 0.722. The van der Waals surface area contributed by atoms with Gasteiger partial charge in [-0.05, 0) is 103 Å². The summed E-state index contributed by atoms with van der Waals surface area (Å²) in [6.07, 6.45) is 92.1. The molecule has 14 heteroatoms. The van der Waals surface area contributed by atoms with Crippen LogP contribution in [-0.2, 0) is 23.7 Å². The van der Waals surface area contributed by atoms with Gasteiger partial charge in [-0.2, -0.15) is 0 Å². The van der Waals surface area contributed by atoms with Crippen molar-refractivity contribution in [3.8, 4) is 0 Å². The van der Waals surface area contributed by atoms with E-state index in [1.165, 1.54) is 173 Å². The van der Waals surface area contributed by atoms with E-state index in [9.17, 15) is 45.6 Å². The average molecular weight is 1460 g/mol. The quantitative estimate of drug-likeness (QED) is 0.0204. The Morgan fingerprint density at radius 1 is 0.356 bits per heavy atom. The van der Waals surface area contributed by atoms with Crippen molar-refractivity contribution in [3.63, 3.8) is 0 Å². The SMILES string of the molecule is CC/C=C\C/C=C\C/C=C\C/C=C\C/C=C\C/C=C\C/C=C\C/C=C\C/C=C\C/C=C\C/C=C\CCCCCCCC(=O)NC(COC1OC(CO)C(OC2OC(CO)C(O)C(O)C2O)C(O)C1O)C(O)/C=C/CCCCCCCCCCCCCCCCCCCCCCCCCCCCCCC. The summed E-state index contributed by atoms with van der Waals surface area (Å²) in [6, 6.07) is -0.939. The van der Waals surface area contributed by atoms with Crippen molar-refractivity contribution in [2.45, 2.75) is 396 Å². The van der Waals surface area contributed by atoms with Gasteiger partial charge in [-0.3, -0.25) is 4.79 Å². The molecule has 1 amide bonds. The van der Waals surface area contributed by atoms with Gasteiger partial charge in [0.1, 0.15) is 48.8 Å². The fourth-order valence-electron chi connectivity index (χ4n) is 12.9. The zero-order valence-corrected chi connectivity index (χ0v) is 65.5. The Kier molecular flexibility index (Phi) is 66.2. The molecule has 0 radical (unpaired) electrons. The minimum atomic E-state index is -1.80. The predicted molar refractivity (Wildman–Crippen MR) is 433 cm³/mol. The Bertz CT molecular complexity index is 2320. The average Bonchev–Trinajstić information content (AvgIpc) is 0.791. The van der Waals surface area contributed by atoms with Crippen LogP contribution in [0.2, 0.25) is 0 Å². The summed E-state index contributed by atoms with van der Waals surface area (Å²) in [6.45, 7) is 2.70. The van der Waals surface area contributed by atoms with Crippen LogP contribution in [0.1, 0.15) is 322 Å². The van der Waals surface area contributed by atoms with E-state index < -0.39 is 86.8 Å². The number of hydrogen-bond donors (Lipinski definition) is 9. The van der Waals surface area contributed by atoms with Gasteiger partial charge in [0.25, 0.3) is 0 Å². The maximum Gasteiger partial charge on any atom is 0.220 e. The van der Waals surface area contributed by atoms with Crippen LogP contribution < -0.4 is 5.32 Å². The van der Waals surface area contributed by atoms with Crippen molar-refractivity contribution >= 4 is 5.91 Å². The van der Waals surface area contributed by atoms with E-state index in [4.69, 9.17) is 18.9 Å². The highest BCUT2D eigenvalue weighted by Gasteiger charge is 2.51. The lowest BCUT2D eigenvalue weighted by molar-refractivity contribution is -0.359. The Morgan fingerprint density at radius 2 is 0.663 bits per heavy atom. The summed E-state index contributed by atoms with van der Waals surface area (Å²) in [5.41, 5.74) is 0. The standard InChI is InChI=1S/C90H153NO13/c1-3-5-7-9-11-13-15-17-19-21-23-25-27-29-31-33-35-36-37-38-39-40-41-42-44-46-48-50-52-54-56-58-60-62-64-66-68-70-72-74-82(95)91-78(77-101-89-87(100)85(98)88(81(76-93)103-89)104-90-86(99)84(97)83(96)80(75-92)102-90)79(94)73-71-69-67-65-63-61-59-57-55-53-51-49-47-45-43-34-32-30-28-26-24-22-20-18-16-14-12-10-8-6-4-2/h5,7,11,13,17,19,23,25,29,31,35-36,38-39,41-42,46,48,52,54,58,60,71,73,78-81,83-90,92-94,96-100H,3-4,6,8-10,12,14-16,18,20-22,24,26-28,30,32-34,37,40,43-45,47,49-51,53,55-57,59,61-70,72,74-77H2,1-2H3,(H,91,95)/b7-5-,13-11-,19-17-,25-23-,31-29-,36-35-,39-38-,42-41-,48-46-,54-52-,60-58-,73-71+. The summed E-state index contributed by atoms with van der Waals surface area (Å²) in [7, 11) is 0. The minimum Gasteiger partial charge on any atom is -0.394 e. The third-order valence-electron chi connectivity index (χ3n) is 19.5. The molecule has 0 aliphatic carbocycles. The lowest BCUT2D eigenvalue weighted by Crippen LogP contribution is -2.65. The van der Waals surface area contributed by atoms with Gasteiger partial charge in [-0.15, -0.1) is 0 Å². The molecule has 12 unspecified atom stereocenters. The van der Waals surface area contributed by atoms with E-state index in [1.54, 1.807) is 6.08 Å². The van der Waals surface area contributed by atoms with Crippen LogP contribution in [0.4, 0.5) is 0 Å². The van der Waals surface area contributed by atoms with Gasteiger partial charge in [0.2, 0.25) is 5.91 Å². The molecule has 2 heterocycles.